The van der Waals surface area contributed by atoms with Crippen molar-refractivity contribution in [2.75, 3.05) is 25.8 Å². The van der Waals surface area contributed by atoms with Gasteiger partial charge in [-0.25, -0.2) is 0 Å². The molecular formula is C16H27N2O4P+2. The highest BCUT2D eigenvalue weighted by Crippen LogP contribution is 2.57. The standard InChI is InChI=1S/C16H25N2O4P/c17-9-5-4-8-16(15(19)20)13-18(10-11-23(16,21)22)12-14-6-2-1-3-7-14/h1-3,6-7H,4-5,8-13,17H2,(H,19,20)(H,21,22)/p+2/t16-/m0/s1. The second-order valence-corrected chi connectivity index (χ2v) is 9.12. The van der Waals surface area contributed by atoms with Crippen molar-refractivity contribution in [1.29, 1.82) is 0 Å². The van der Waals surface area contributed by atoms with E-state index in [1.165, 1.54) is 0 Å². The van der Waals surface area contributed by atoms with E-state index in [1.54, 1.807) is 0 Å². The number of carboxylic acid groups (broad SMARTS) is 1. The molecule has 1 fully saturated rings. The van der Waals surface area contributed by atoms with Crippen molar-refractivity contribution in [1.82, 2.24) is 0 Å². The Morgan fingerprint density at radius 2 is 2.00 bits per heavy atom. The lowest BCUT2D eigenvalue weighted by Gasteiger charge is -2.40. The number of carbonyl (C=O) groups is 1. The van der Waals surface area contributed by atoms with Gasteiger partial charge < -0.3 is 20.6 Å². The van der Waals surface area contributed by atoms with E-state index >= 15 is 0 Å². The minimum Gasteiger partial charge on any atom is -0.480 e. The maximum absolute atomic E-state index is 12.7. The molecule has 0 amide bonds. The molecule has 7 heteroatoms. The Labute approximate surface area is 136 Å². The summed E-state index contributed by atoms with van der Waals surface area (Å²) in [4.78, 5) is 23.4. The van der Waals surface area contributed by atoms with E-state index in [2.05, 4.69) is 5.73 Å². The van der Waals surface area contributed by atoms with E-state index in [4.69, 9.17) is 0 Å². The fourth-order valence-corrected chi connectivity index (χ4v) is 5.70. The molecule has 23 heavy (non-hydrogen) atoms. The summed E-state index contributed by atoms with van der Waals surface area (Å²) >= 11 is 0. The van der Waals surface area contributed by atoms with Gasteiger partial charge in [0, 0.05) is 5.56 Å². The highest BCUT2D eigenvalue weighted by atomic mass is 31.2. The Bertz CT molecular complexity index is 581. The zero-order valence-electron chi connectivity index (χ0n) is 13.4. The van der Waals surface area contributed by atoms with Crippen molar-refractivity contribution in [3.63, 3.8) is 0 Å². The normalized spacial score (nSPS) is 31.0. The zero-order chi connectivity index (χ0) is 16.9. The first-order chi connectivity index (χ1) is 10.9. The van der Waals surface area contributed by atoms with E-state index in [0.717, 1.165) is 16.9 Å². The number of benzene rings is 1. The van der Waals surface area contributed by atoms with Gasteiger partial charge in [-0.05, 0) is 19.3 Å². The number of unbranched alkanes of at least 4 members (excludes halogenated alkanes) is 1. The largest absolute Gasteiger partial charge is 0.480 e. The lowest BCUT2D eigenvalue weighted by atomic mass is 9.99. The van der Waals surface area contributed by atoms with Crippen LogP contribution in [-0.4, -0.2) is 46.9 Å². The molecule has 1 aromatic rings. The Balaban J connectivity index is 2.18. The van der Waals surface area contributed by atoms with Crippen LogP contribution in [0.4, 0.5) is 0 Å². The van der Waals surface area contributed by atoms with Gasteiger partial charge in [-0.15, -0.1) is 0 Å². The van der Waals surface area contributed by atoms with Gasteiger partial charge in [-0.1, -0.05) is 30.3 Å². The molecule has 2 rings (SSSR count). The lowest BCUT2D eigenvalue weighted by molar-refractivity contribution is -0.914. The third kappa shape index (κ3) is 4.01. The van der Waals surface area contributed by atoms with Crippen molar-refractivity contribution in [3.05, 3.63) is 35.9 Å². The molecular weight excluding hydrogens is 315 g/mol. The van der Waals surface area contributed by atoms with E-state index < -0.39 is 18.5 Å². The molecule has 6 N–H and O–H groups in total. The van der Waals surface area contributed by atoms with Gasteiger partial charge in [0.05, 0.1) is 19.3 Å². The molecule has 1 aliphatic heterocycles. The van der Waals surface area contributed by atoms with Crippen LogP contribution in [0.5, 0.6) is 0 Å². The summed E-state index contributed by atoms with van der Waals surface area (Å²) in [7, 11) is -3.71. The van der Waals surface area contributed by atoms with Crippen LogP contribution in [0.25, 0.3) is 0 Å². The Morgan fingerprint density at radius 3 is 2.61 bits per heavy atom. The summed E-state index contributed by atoms with van der Waals surface area (Å²) in [5, 5.41) is 8.24. The molecule has 0 aliphatic carbocycles. The van der Waals surface area contributed by atoms with E-state index in [-0.39, 0.29) is 19.1 Å². The fraction of sp³-hybridized carbons (Fsp3) is 0.562. The molecule has 0 saturated carbocycles. The maximum atomic E-state index is 12.7. The van der Waals surface area contributed by atoms with Gasteiger partial charge in [-0.2, -0.15) is 0 Å². The van der Waals surface area contributed by atoms with Crippen molar-refractivity contribution in [2.24, 2.45) is 0 Å². The van der Waals surface area contributed by atoms with Gasteiger partial charge in [0.1, 0.15) is 13.1 Å². The average Bonchev–Trinajstić information content (AvgIpc) is 2.51. The van der Waals surface area contributed by atoms with Crippen molar-refractivity contribution in [3.8, 4) is 0 Å². The number of carboxylic acids is 1. The molecule has 128 valence electrons. The van der Waals surface area contributed by atoms with Gasteiger partial charge in [0.25, 0.3) is 0 Å². The zero-order valence-corrected chi connectivity index (χ0v) is 14.3. The first-order valence-electron chi connectivity index (χ1n) is 8.13. The molecule has 1 heterocycles. The summed E-state index contributed by atoms with van der Waals surface area (Å²) in [6, 6.07) is 9.86. The van der Waals surface area contributed by atoms with Crippen molar-refractivity contribution < 1.29 is 30.0 Å². The van der Waals surface area contributed by atoms with Crippen LogP contribution < -0.4 is 10.6 Å². The molecule has 0 spiro atoms. The third-order valence-electron chi connectivity index (χ3n) is 4.77. The molecule has 0 radical (unpaired) electrons. The summed E-state index contributed by atoms with van der Waals surface area (Å²) in [6.07, 6.45) is 1.73. The number of quaternary nitrogens is 2. The summed E-state index contributed by atoms with van der Waals surface area (Å²) in [6.45, 7) is 2.15. The minimum atomic E-state index is -3.71. The lowest BCUT2D eigenvalue weighted by Crippen LogP contribution is -3.14. The van der Waals surface area contributed by atoms with Gasteiger partial charge >= 0.3 is 5.97 Å². The summed E-state index contributed by atoms with van der Waals surface area (Å²) < 4.78 is 12.7. The van der Waals surface area contributed by atoms with E-state index in [1.807, 2.05) is 30.3 Å². The maximum Gasteiger partial charge on any atom is 0.325 e. The van der Waals surface area contributed by atoms with Crippen LogP contribution in [0.3, 0.4) is 0 Å². The number of aliphatic carboxylic acids is 1. The predicted octanol–water partition coefficient (Wildman–Crippen LogP) is -0.409. The molecule has 3 atom stereocenters. The number of hydrogen-bond acceptors (Lipinski definition) is 2. The summed E-state index contributed by atoms with van der Waals surface area (Å²) in [5.74, 6) is -1.13. The van der Waals surface area contributed by atoms with Crippen LogP contribution in [0, 0.1) is 0 Å². The first kappa shape index (κ1) is 18.1. The summed E-state index contributed by atoms with van der Waals surface area (Å²) in [5.41, 5.74) is 4.88. The molecule has 1 aliphatic rings. The molecule has 2 unspecified atom stereocenters. The van der Waals surface area contributed by atoms with E-state index in [9.17, 15) is 19.4 Å². The topological polar surface area (TPSA) is 107 Å². The minimum absolute atomic E-state index is 0.0752. The smallest absolute Gasteiger partial charge is 0.325 e. The molecule has 1 saturated heterocycles. The Hall–Kier alpha value is -1.20. The number of nitrogens with one attached hydrogen (secondary N) is 1. The molecule has 0 aromatic heterocycles. The monoisotopic (exact) mass is 342 g/mol. The second kappa shape index (κ2) is 7.58. The van der Waals surface area contributed by atoms with Gasteiger partial charge in [-0.3, -0.25) is 9.36 Å². The SMILES string of the molecule is [NH3+]CCCC[C@@]1(C(=O)O)C[NH+](Cc2ccccc2)CCP1(=O)O. The molecule has 6 nitrogen and oxygen atoms in total. The van der Waals surface area contributed by atoms with E-state index in [0.29, 0.717) is 26.1 Å². The number of rotatable bonds is 7. The van der Waals surface area contributed by atoms with Crippen LogP contribution in [0.1, 0.15) is 24.8 Å². The fourth-order valence-electron chi connectivity index (χ4n) is 3.37. The predicted molar refractivity (Wildman–Crippen MR) is 87.5 cm³/mol. The van der Waals surface area contributed by atoms with Crippen LogP contribution in [0.2, 0.25) is 0 Å². The molecule has 0 bridgehead atoms. The Morgan fingerprint density at radius 1 is 1.30 bits per heavy atom. The first-order valence-corrected chi connectivity index (χ1v) is 9.98. The highest BCUT2D eigenvalue weighted by Gasteiger charge is 2.58. The second-order valence-electron chi connectivity index (χ2n) is 6.41. The highest BCUT2D eigenvalue weighted by molar-refractivity contribution is 7.60. The van der Waals surface area contributed by atoms with Crippen LogP contribution in [0.15, 0.2) is 30.3 Å². The van der Waals surface area contributed by atoms with Crippen LogP contribution >= 0.6 is 7.37 Å². The third-order valence-corrected chi connectivity index (χ3v) is 7.51. The molecule has 1 aromatic carbocycles. The Kier molecular flexibility index (Phi) is 5.98. The van der Waals surface area contributed by atoms with Crippen molar-refractivity contribution in [2.45, 2.75) is 31.0 Å². The van der Waals surface area contributed by atoms with Gasteiger partial charge in [0.15, 0.2) is 5.16 Å². The quantitative estimate of drug-likeness (QED) is 0.399. The number of hydrogen-bond donors (Lipinski definition) is 4. The van der Waals surface area contributed by atoms with Crippen LogP contribution in [-0.2, 0) is 15.9 Å². The average molecular weight is 342 g/mol. The van der Waals surface area contributed by atoms with Crippen molar-refractivity contribution >= 4 is 13.3 Å². The van der Waals surface area contributed by atoms with Gasteiger partial charge in [0.2, 0.25) is 7.37 Å².